The Hall–Kier alpha value is -1.32. The average molecular weight is 302 g/mol. The molecule has 2 aromatic rings. The zero-order valence-electron chi connectivity index (χ0n) is 14.2. The molecule has 1 aromatic heterocycles. The molecule has 3 heteroatoms. The molecule has 1 heterocycles. The summed E-state index contributed by atoms with van der Waals surface area (Å²) in [6, 6.07) is 8.67. The van der Waals surface area contributed by atoms with Gasteiger partial charge < -0.3 is 8.99 Å². The lowest BCUT2D eigenvalue weighted by Crippen LogP contribution is -2.40. The number of rotatable bonds is 4. The number of nitrogens with zero attached hydrogens (tertiary/aromatic N) is 1. The third kappa shape index (κ3) is 3.14. The van der Waals surface area contributed by atoms with Gasteiger partial charge in [-0.2, -0.15) is 0 Å². The second kappa shape index (κ2) is 5.47. The van der Waals surface area contributed by atoms with Crippen molar-refractivity contribution in [2.45, 2.75) is 45.5 Å². The van der Waals surface area contributed by atoms with Crippen LogP contribution in [0.25, 0.3) is 17.0 Å². The molecule has 0 aliphatic heterocycles. The van der Waals surface area contributed by atoms with Gasteiger partial charge >= 0.3 is 0 Å². The standard InChI is InChI=1S/C18H27NOSi/c1-8-14-9-10-15-12-16(19(5)17(15)11-14)13-20-21(6,7)18(2,3)4/h8-12H,1,13H2,2-7H3. The van der Waals surface area contributed by atoms with Gasteiger partial charge in [0.15, 0.2) is 8.32 Å². The van der Waals surface area contributed by atoms with Crippen molar-refractivity contribution in [3.8, 4) is 0 Å². The van der Waals surface area contributed by atoms with Gasteiger partial charge in [-0.05, 0) is 41.2 Å². The number of hydrogen-bond donors (Lipinski definition) is 0. The average Bonchev–Trinajstić information content (AvgIpc) is 2.71. The van der Waals surface area contributed by atoms with E-state index in [0.717, 1.165) is 5.56 Å². The van der Waals surface area contributed by atoms with Gasteiger partial charge in [0.25, 0.3) is 0 Å². The van der Waals surface area contributed by atoms with E-state index in [-0.39, 0.29) is 5.04 Å². The van der Waals surface area contributed by atoms with Crippen LogP contribution in [-0.4, -0.2) is 12.9 Å². The Morgan fingerprint density at radius 3 is 2.48 bits per heavy atom. The highest BCUT2D eigenvalue weighted by atomic mass is 28.4. The van der Waals surface area contributed by atoms with Crippen molar-refractivity contribution in [1.82, 2.24) is 4.57 Å². The summed E-state index contributed by atoms with van der Waals surface area (Å²) in [5.41, 5.74) is 3.62. The van der Waals surface area contributed by atoms with Crippen LogP contribution in [0.2, 0.25) is 18.1 Å². The van der Waals surface area contributed by atoms with E-state index in [0.29, 0.717) is 6.61 Å². The lowest BCUT2D eigenvalue weighted by atomic mass is 10.1. The SMILES string of the molecule is C=Cc1ccc2cc(CO[Si](C)(C)C(C)(C)C)n(C)c2c1. The Bertz CT molecular complexity index is 662. The first-order chi connectivity index (χ1) is 9.65. The Kier molecular flexibility index (Phi) is 4.18. The number of benzene rings is 1. The van der Waals surface area contributed by atoms with Gasteiger partial charge in [-0.1, -0.05) is 45.6 Å². The summed E-state index contributed by atoms with van der Waals surface area (Å²) in [5.74, 6) is 0. The molecule has 21 heavy (non-hydrogen) atoms. The molecule has 0 aliphatic carbocycles. The first kappa shape index (κ1) is 16.1. The topological polar surface area (TPSA) is 14.2 Å². The summed E-state index contributed by atoms with van der Waals surface area (Å²) in [5, 5.41) is 1.50. The van der Waals surface area contributed by atoms with Crippen molar-refractivity contribution in [2.24, 2.45) is 7.05 Å². The third-order valence-electron chi connectivity index (χ3n) is 4.79. The van der Waals surface area contributed by atoms with Crippen molar-refractivity contribution in [3.63, 3.8) is 0 Å². The van der Waals surface area contributed by atoms with Crippen LogP contribution in [0.5, 0.6) is 0 Å². The first-order valence-corrected chi connectivity index (χ1v) is 10.4. The highest BCUT2D eigenvalue weighted by molar-refractivity contribution is 6.74. The Labute approximate surface area is 129 Å². The van der Waals surface area contributed by atoms with Crippen LogP contribution in [0.1, 0.15) is 32.0 Å². The van der Waals surface area contributed by atoms with E-state index in [1.807, 2.05) is 6.08 Å². The molecule has 0 radical (unpaired) electrons. The molecule has 0 N–H and O–H groups in total. The van der Waals surface area contributed by atoms with Crippen LogP contribution in [0, 0.1) is 0 Å². The summed E-state index contributed by atoms with van der Waals surface area (Å²) in [7, 11) is 0.404. The fraction of sp³-hybridized carbons (Fsp3) is 0.444. The van der Waals surface area contributed by atoms with E-state index in [1.54, 1.807) is 0 Å². The minimum absolute atomic E-state index is 0.244. The molecule has 2 rings (SSSR count). The minimum Gasteiger partial charge on any atom is -0.411 e. The van der Waals surface area contributed by atoms with Crippen molar-refractivity contribution >= 4 is 25.3 Å². The summed E-state index contributed by atoms with van der Waals surface area (Å²) < 4.78 is 8.58. The molecule has 0 saturated carbocycles. The maximum Gasteiger partial charge on any atom is 0.192 e. The Balaban J connectivity index is 2.28. The zero-order chi connectivity index (χ0) is 15.8. The molecule has 0 unspecified atom stereocenters. The van der Waals surface area contributed by atoms with Crippen LogP contribution in [-0.2, 0) is 18.1 Å². The van der Waals surface area contributed by atoms with E-state index in [4.69, 9.17) is 4.43 Å². The van der Waals surface area contributed by atoms with E-state index in [9.17, 15) is 0 Å². The molecule has 0 atom stereocenters. The van der Waals surface area contributed by atoms with Crippen LogP contribution in [0.3, 0.4) is 0 Å². The first-order valence-electron chi connectivity index (χ1n) is 7.50. The van der Waals surface area contributed by atoms with Gasteiger partial charge in [0.1, 0.15) is 0 Å². The molecule has 0 aliphatic rings. The molecule has 114 valence electrons. The van der Waals surface area contributed by atoms with E-state index in [1.165, 1.54) is 16.6 Å². The van der Waals surface area contributed by atoms with E-state index >= 15 is 0 Å². The summed E-state index contributed by atoms with van der Waals surface area (Å²) in [4.78, 5) is 0. The highest BCUT2D eigenvalue weighted by Gasteiger charge is 2.37. The summed E-state index contributed by atoms with van der Waals surface area (Å²) in [6.45, 7) is 15.9. The van der Waals surface area contributed by atoms with Gasteiger partial charge in [0.2, 0.25) is 0 Å². The molecule has 0 amide bonds. The smallest absolute Gasteiger partial charge is 0.192 e. The summed E-state index contributed by atoms with van der Waals surface area (Å²) in [6.07, 6.45) is 1.89. The van der Waals surface area contributed by atoms with Gasteiger partial charge in [0, 0.05) is 18.3 Å². The van der Waals surface area contributed by atoms with Crippen molar-refractivity contribution in [1.29, 1.82) is 0 Å². The molecule has 0 fully saturated rings. The predicted octanol–water partition coefficient (Wildman–Crippen LogP) is 5.34. The molecule has 0 saturated heterocycles. The van der Waals surface area contributed by atoms with Gasteiger partial charge in [0.05, 0.1) is 6.61 Å². The minimum atomic E-state index is -1.71. The molecule has 0 spiro atoms. The maximum absolute atomic E-state index is 6.34. The summed E-state index contributed by atoms with van der Waals surface area (Å²) >= 11 is 0. The van der Waals surface area contributed by atoms with Crippen LogP contribution >= 0.6 is 0 Å². The molecular formula is C18H27NOSi. The monoisotopic (exact) mass is 301 g/mol. The molecule has 2 nitrogen and oxygen atoms in total. The second-order valence-electron chi connectivity index (χ2n) is 7.27. The van der Waals surface area contributed by atoms with Crippen molar-refractivity contribution < 1.29 is 4.43 Å². The zero-order valence-corrected chi connectivity index (χ0v) is 15.2. The Morgan fingerprint density at radius 2 is 1.90 bits per heavy atom. The molecular weight excluding hydrogens is 274 g/mol. The van der Waals surface area contributed by atoms with Gasteiger partial charge in [-0.15, -0.1) is 0 Å². The number of hydrogen-bond acceptors (Lipinski definition) is 1. The maximum atomic E-state index is 6.34. The van der Waals surface area contributed by atoms with Crippen molar-refractivity contribution in [2.75, 3.05) is 0 Å². The van der Waals surface area contributed by atoms with E-state index in [2.05, 4.69) is 76.3 Å². The lowest BCUT2D eigenvalue weighted by Gasteiger charge is -2.36. The number of fused-ring (bicyclic) bond motifs is 1. The molecule has 0 bridgehead atoms. The second-order valence-corrected chi connectivity index (χ2v) is 12.1. The molecule has 1 aromatic carbocycles. The van der Waals surface area contributed by atoms with Crippen LogP contribution < -0.4 is 0 Å². The predicted molar refractivity (Wildman–Crippen MR) is 95.0 cm³/mol. The fourth-order valence-corrected chi connectivity index (χ4v) is 3.08. The largest absolute Gasteiger partial charge is 0.411 e. The number of aryl methyl sites for hydroxylation is 1. The lowest BCUT2D eigenvalue weighted by molar-refractivity contribution is 0.269. The van der Waals surface area contributed by atoms with Crippen molar-refractivity contribution in [3.05, 3.63) is 42.1 Å². The quantitative estimate of drug-likeness (QED) is 0.695. The Morgan fingerprint density at radius 1 is 1.24 bits per heavy atom. The van der Waals surface area contributed by atoms with Gasteiger partial charge in [-0.25, -0.2) is 0 Å². The van der Waals surface area contributed by atoms with Crippen LogP contribution in [0.4, 0.5) is 0 Å². The van der Waals surface area contributed by atoms with Crippen LogP contribution in [0.15, 0.2) is 30.8 Å². The number of aromatic nitrogens is 1. The van der Waals surface area contributed by atoms with Gasteiger partial charge in [-0.3, -0.25) is 0 Å². The fourth-order valence-electron chi connectivity index (χ4n) is 2.14. The van der Waals surface area contributed by atoms with E-state index < -0.39 is 8.32 Å². The highest BCUT2D eigenvalue weighted by Crippen LogP contribution is 2.37. The normalized spacial score (nSPS) is 12.9. The third-order valence-corrected chi connectivity index (χ3v) is 9.27.